The summed E-state index contributed by atoms with van der Waals surface area (Å²) in [4.78, 5) is 0. The van der Waals surface area contributed by atoms with E-state index in [1.807, 2.05) is 36.4 Å². The molecule has 19 heavy (non-hydrogen) atoms. The van der Waals surface area contributed by atoms with Crippen LogP contribution in [0.1, 0.15) is 0 Å². The first-order chi connectivity index (χ1) is 9.22. The van der Waals surface area contributed by atoms with E-state index < -0.39 is 0 Å². The third-order valence-corrected chi connectivity index (χ3v) is 3.80. The Balaban J connectivity index is 1.92. The average Bonchev–Trinajstić information content (AvgIpc) is 2.87. The zero-order chi connectivity index (χ0) is 13.2. The van der Waals surface area contributed by atoms with Crippen molar-refractivity contribution in [1.82, 2.24) is 10.2 Å². The van der Waals surface area contributed by atoms with Crippen molar-refractivity contribution in [2.75, 3.05) is 5.73 Å². The molecule has 94 valence electrons. The molecule has 2 N–H and O–H groups in total. The predicted octanol–water partition coefficient (Wildman–Crippen LogP) is 4.11. The lowest BCUT2D eigenvalue weighted by molar-refractivity contribution is 1.10. The van der Waals surface area contributed by atoms with Gasteiger partial charge in [0.1, 0.15) is 5.01 Å². The van der Waals surface area contributed by atoms with Crippen LogP contribution in [-0.2, 0) is 0 Å². The fourth-order valence-corrected chi connectivity index (χ4v) is 2.54. The van der Waals surface area contributed by atoms with Crippen molar-refractivity contribution >= 4 is 28.1 Å². The maximum atomic E-state index is 5.88. The number of nitrogens with two attached hydrogens (primary N) is 1. The van der Waals surface area contributed by atoms with Crippen molar-refractivity contribution < 1.29 is 0 Å². The summed E-state index contributed by atoms with van der Waals surface area (Å²) in [5.74, 6) is 0. The number of nitrogens with zero attached hydrogens (tertiary/aromatic N) is 2. The molecule has 5 heteroatoms. The van der Waals surface area contributed by atoms with Gasteiger partial charge in [0.05, 0.1) is 0 Å². The normalized spacial score (nSPS) is 10.6. The quantitative estimate of drug-likeness (QED) is 0.772. The molecule has 0 fully saturated rings. The fourth-order valence-electron chi connectivity index (χ4n) is 1.80. The first-order valence-electron chi connectivity index (χ1n) is 5.68. The summed E-state index contributed by atoms with van der Waals surface area (Å²) in [5.41, 5.74) is 8.87. The van der Waals surface area contributed by atoms with E-state index in [1.54, 1.807) is 0 Å². The first kappa shape index (κ1) is 12.1. The molecule has 3 rings (SSSR count). The topological polar surface area (TPSA) is 51.8 Å². The standard InChI is InChI=1S/C14H10ClN3S/c15-12-7-5-10(6-8-12)9-1-3-11(4-2-9)13-17-18-14(16)19-13/h1-8H,(H2,16,18). The van der Waals surface area contributed by atoms with Crippen LogP contribution < -0.4 is 5.73 Å². The van der Waals surface area contributed by atoms with Gasteiger partial charge in [0.15, 0.2) is 0 Å². The third kappa shape index (κ3) is 2.59. The minimum atomic E-state index is 0.483. The zero-order valence-electron chi connectivity index (χ0n) is 9.88. The Morgan fingerprint density at radius 2 is 1.32 bits per heavy atom. The summed E-state index contributed by atoms with van der Waals surface area (Å²) in [7, 11) is 0. The van der Waals surface area contributed by atoms with Crippen LogP contribution in [0.3, 0.4) is 0 Å². The van der Waals surface area contributed by atoms with Gasteiger partial charge >= 0.3 is 0 Å². The number of rotatable bonds is 2. The summed E-state index contributed by atoms with van der Waals surface area (Å²) in [6.45, 7) is 0. The van der Waals surface area contributed by atoms with Crippen LogP contribution >= 0.6 is 22.9 Å². The monoisotopic (exact) mass is 287 g/mol. The minimum Gasteiger partial charge on any atom is -0.374 e. The Hall–Kier alpha value is -1.91. The molecule has 3 nitrogen and oxygen atoms in total. The average molecular weight is 288 g/mol. The van der Waals surface area contributed by atoms with Gasteiger partial charge in [-0.15, -0.1) is 10.2 Å². The van der Waals surface area contributed by atoms with Crippen molar-refractivity contribution in [2.24, 2.45) is 0 Å². The molecule has 1 aromatic heterocycles. The van der Waals surface area contributed by atoms with Crippen LogP contribution in [0.25, 0.3) is 21.7 Å². The van der Waals surface area contributed by atoms with E-state index in [0.717, 1.165) is 26.7 Å². The third-order valence-electron chi connectivity index (χ3n) is 2.75. The number of anilines is 1. The second-order valence-corrected chi connectivity index (χ2v) is 5.48. The fraction of sp³-hybridized carbons (Fsp3) is 0. The molecule has 0 spiro atoms. The molecule has 0 aliphatic heterocycles. The maximum absolute atomic E-state index is 5.88. The van der Waals surface area contributed by atoms with Gasteiger partial charge in [-0.25, -0.2) is 0 Å². The lowest BCUT2D eigenvalue weighted by atomic mass is 10.0. The zero-order valence-corrected chi connectivity index (χ0v) is 11.4. The molecule has 0 saturated heterocycles. The van der Waals surface area contributed by atoms with Gasteiger partial charge in [-0.3, -0.25) is 0 Å². The Morgan fingerprint density at radius 3 is 1.84 bits per heavy atom. The van der Waals surface area contributed by atoms with E-state index >= 15 is 0 Å². The molecule has 0 saturated carbocycles. The second-order valence-electron chi connectivity index (χ2n) is 4.03. The van der Waals surface area contributed by atoms with E-state index in [1.165, 1.54) is 11.3 Å². The van der Waals surface area contributed by atoms with Crippen LogP contribution in [0, 0.1) is 0 Å². The van der Waals surface area contributed by atoms with Crippen LogP contribution in [0.4, 0.5) is 5.13 Å². The molecule has 0 aliphatic carbocycles. The molecule has 0 aliphatic rings. The molecular formula is C14H10ClN3S. The number of hydrogen-bond donors (Lipinski definition) is 1. The Morgan fingerprint density at radius 1 is 0.789 bits per heavy atom. The van der Waals surface area contributed by atoms with E-state index in [2.05, 4.69) is 22.3 Å². The van der Waals surface area contributed by atoms with E-state index in [9.17, 15) is 0 Å². The van der Waals surface area contributed by atoms with Gasteiger partial charge in [0.2, 0.25) is 5.13 Å². The summed E-state index contributed by atoms with van der Waals surface area (Å²) >= 11 is 7.26. The van der Waals surface area contributed by atoms with E-state index in [0.29, 0.717) is 5.13 Å². The second kappa shape index (κ2) is 4.99. The van der Waals surface area contributed by atoms with E-state index in [4.69, 9.17) is 17.3 Å². The number of hydrogen-bond acceptors (Lipinski definition) is 4. The molecular weight excluding hydrogens is 278 g/mol. The smallest absolute Gasteiger partial charge is 0.203 e. The largest absolute Gasteiger partial charge is 0.374 e. The predicted molar refractivity (Wildman–Crippen MR) is 80.2 cm³/mol. The molecule has 0 amide bonds. The Kier molecular flexibility index (Phi) is 3.19. The molecule has 2 aromatic carbocycles. The van der Waals surface area contributed by atoms with Crippen molar-refractivity contribution in [1.29, 1.82) is 0 Å². The first-order valence-corrected chi connectivity index (χ1v) is 6.87. The molecule has 0 bridgehead atoms. The van der Waals surface area contributed by atoms with Crippen molar-refractivity contribution in [3.05, 3.63) is 53.6 Å². The SMILES string of the molecule is Nc1nnc(-c2ccc(-c3ccc(Cl)cc3)cc2)s1. The van der Waals surface area contributed by atoms with Crippen LogP contribution in [0.2, 0.25) is 5.02 Å². The highest BCUT2D eigenvalue weighted by Gasteiger charge is 2.05. The van der Waals surface area contributed by atoms with Gasteiger partial charge in [0, 0.05) is 10.6 Å². The van der Waals surface area contributed by atoms with Gasteiger partial charge in [-0.05, 0) is 23.3 Å². The lowest BCUT2D eigenvalue weighted by Crippen LogP contribution is -1.81. The van der Waals surface area contributed by atoms with Gasteiger partial charge in [-0.2, -0.15) is 0 Å². The molecule has 0 radical (unpaired) electrons. The summed E-state index contributed by atoms with van der Waals surface area (Å²) in [6.07, 6.45) is 0. The number of aromatic nitrogens is 2. The number of halogens is 1. The van der Waals surface area contributed by atoms with Gasteiger partial charge in [0.25, 0.3) is 0 Å². The van der Waals surface area contributed by atoms with E-state index in [-0.39, 0.29) is 0 Å². The van der Waals surface area contributed by atoms with Crippen LogP contribution in [-0.4, -0.2) is 10.2 Å². The Labute approximate surface area is 119 Å². The molecule has 3 aromatic rings. The molecule has 0 unspecified atom stereocenters. The summed E-state index contributed by atoms with van der Waals surface area (Å²) in [6, 6.07) is 15.9. The maximum Gasteiger partial charge on any atom is 0.203 e. The highest BCUT2D eigenvalue weighted by atomic mass is 35.5. The molecule has 0 atom stereocenters. The highest BCUT2D eigenvalue weighted by molar-refractivity contribution is 7.18. The lowest BCUT2D eigenvalue weighted by Gasteiger charge is -2.02. The summed E-state index contributed by atoms with van der Waals surface area (Å²) in [5, 5.41) is 9.90. The van der Waals surface area contributed by atoms with Crippen molar-refractivity contribution in [3.63, 3.8) is 0 Å². The molecule has 1 heterocycles. The van der Waals surface area contributed by atoms with Gasteiger partial charge in [-0.1, -0.05) is 59.3 Å². The summed E-state index contributed by atoms with van der Waals surface area (Å²) < 4.78 is 0. The van der Waals surface area contributed by atoms with Gasteiger partial charge < -0.3 is 5.73 Å². The van der Waals surface area contributed by atoms with Crippen molar-refractivity contribution in [3.8, 4) is 21.7 Å². The van der Waals surface area contributed by atoms with Crippen LogP contribution in [0.15, 0.2) is 48.5 Å². The van der Waals surface area contributed by atoms with Crippen LogP contribution in [0.5, 0.6) is 0 Å². The number of benzene rings is 2. The highest BCUT2D eigenvalue weighted by Crippen LogP contribution is 2.28. The number of nitrogen functional groups attached to an aromatic ring is 1. The van der Waals surface area contributed by atoms with Crippen molar-refractivity contribution in [2.45, 2.75) is 0 Å². The Bertz CT molecular complexity index is 689. The minimum absolute atomic E-state index is 0.483.